The zero-order chi connectivity index (χ0) is 17.7. The summed E-state index contributed by atoms with van der Waals surface area (Å²) in [6, 6.07) is 8.50. The second-order valence-electron chi connectivity index (χ2n) is 7.10. The van der Waals surface area contributed by atoms with Gasteiger partial charge in [-0.2, -0.15) is 0 Å². The molecule has 24 heavy (non-hydrogen) atoms. The molecule has 1 amide bonds. The fraction of sp³-hybridized carbons (Fsp3) is 0.632. The molecule has 1 aromatic carbocycles. The number of nitrogens with zero attached hydrogens (tertiary/aromatic N) is 3. The van der Waals surface area contributed by atoms with Crippen molar-refractivity contribution < 1.29 is 14.0 Å². The molecule has 0 N–H and O–H groups in total. The van der Waals surface area contributed by atoms with Crippen LogP contribution in [-0.2, 0) is 4.79 Å². The van der Waals surface area contributed by atoms with E-state index in [4.69, 9.17) is 4.74 Å². The van der Waals surface area contributed by atoms with Crippen LogP contribution in [-0.4, -0.2) is 75.3 Å². The summed E-state index contributed by atoms with van der Waals surface area (Å²) in [4.78, 5) is 17.0. The predicted octanol–water partition coefficient (Wildman–Crippen LogP) is 2.22. The Morgan fingerprint density at radius 2 is 1.83 bits per heavy atom. The van der Waals surface area contributed by atoms with Gasteiger partial charge in [0, 0.05) is 26.2 Å². The Morgan fingerprint density at radius 1 is 1.21 bits per heavy atom. The third-order valence-corrected chi connectivity index (χ3v) is 5.37. The Morgan fingerprint density at radius 3 is 2.42 bits per heavy atom. The third kappa shape index (κ3) is 4.08. The molecule has 0 aliphatic carbocycles. The maximum absolute atomic E-state index is 12.2. The van der Waals surface area contributed by atoms with Gasteiger partial charge in [-0.1, -0.05) is 19.1 Å². The van der Waals surface area contributed by atoms with Gasteiger partial charge in [0.1, 0.15) is 11.8 Å². The average Bonchev–Trinajstić information content (AvgIpc) is 2.61. The van der Waals surface area contributed by atoms with Crippen LogP contribution in [0.3, 0.4) is 0 Å². The second kappa shape index (κ2) is 7.99. The number of ether oxygens (including phenoxy) is 1. The average molecular weight is 334 g/mol. The van der Waals surface area contributed by atoms with Crippen LogP contribution in [0.4, 0.5) is 5.69 Å². The second-order valence-corrected chi connectivity index (χ2v) is 7.10. The Hall–Kier alpha value is -1.59. The highest BCUT2D eigenvalue weighted by Gasteiger charge is 2.33. The lowest BCUT2D eigenvalue weighted by Gasteiger charge is -2.40. The minimum Gasteiger partial charge on any atom is -0.495 e. The van der Waals surface area contributed by atoms with Crippen molar-refractivity contribution in [2.45, 2.75) is 26.3 Å². The van der Waals surface area contributed by atoms with Crippen LogP contribution in [0.5, 0.6) is 5.75 Å². The molecule has 1 aliphatic heterocycles. The number of likely N-dealkylation sites (N-methyl/N-ethyl adjacent to an activating group) is 1. The van der Waals surface area contributed by atoms with Gasteiger partial charge in [0.15, 0.2) is 0 Å². The van der Waals surface area contributed by atoms with Crippen molar-refractivity contribution in [1.82, 2.24) is 4.90 Å². The minimum absolute atomic E-state index is 0.301. The Labute approximate surface area is 146 Å². The van der Waals surface area contributed by atoms with E-state index in [0.29, 0.717) is 22.9 Å². The molecule has 5 nitrogen and oxygen atoms in total. The van der Waals surface area contributed by atoms with Crippen molar-refractivity contribution in [3.05, 3.63) is 24.3 Å². The lowest BCUT2D eigenvalue weighted by atomic mass is 10.1. The molecule has 0 saturated carbocycles. The van der Waals surface area contributed by atoms with Gasteiger partial charge in [0.2, 0.25) is 0 Å². The number of para-hydroxylation sites is 2. The van der Waals surface area contributed by atoms with E-state index >= 15 is 0 Å². The molecule has 2 rings (SSSR count). The number of amides is 1. The number of hydrogen-bond acceptors (Lipinski definition) is 4. The van der Waals surface area contributed by atoms with Gasteiger partial charge >= 0.3 is 5.91 Å². The monoisotopic (exact) mass is 334 g/mol. The summed E-state index contributed by atoms with van der Waals surface area (Å²) >= 11 is 0. The summed E-state index contributed by atoms with van der Waals surface area (Å²) in [5.41, 5.74) is 1.17. The summed E-state index contributed by atoms with van der Waals surface area (Å²) in [6.45, 7) is 9.09. The first kappa shape index (κ1) is 18.7. The molecule has 1 heterocycles. The van der Waals surface area contributed by atoms with Crippen molar-refractivity contribution in [1.29, 1.82) is 0 Å². The fourth-order valence-electron chi connectivity index (χ4n) is 3.29. The molecule has 1 aromatic rings. The van der Waals surface area contributed by atoms with E-state index in [1.54, 1.807) is 7.11 Å². The molecule has 1 aliphatic rings. The standard InChI is InChI=1S/C19H32N3O2/c1-6-19(23)22(3,4)16(2)15-20-11-13-21(14-12-20)17-9-7-8-10-18(17)24-5/h7-10,16H,6,11-15H2,1-5H3/q+1/t16-/m1/s1. The van der Waals surface area contributed by atoms with Gasteiger partial charge in [0.25, 0.3) is 0 Å². The summed E-state index contributed by atoms with van der Waals surface area (Å²) in [6.07, 6.45) is 0.596. The van der Waals surface area contributed by atoms with Gasteiger partial charge in [0.05, 0.1) is 39.9 Å². The molecule has 134 valence electrons. The van der Waals surface area contributed by atoms with E-state index in [1.165, 1.54) is 5.69 Å². The SMILES string of the molecule is CCC(=O)[N+](C)(C)[C@H](C)CN1CCN(c2ccccc2OC)CC1. The van der Waals surface area contributed by atoms with Crippen LogP contribution in [0.15, 0.2) is 24.3 Å². The minimum atomic E-state index is 0.301. The van der Waals surface area contributed by atoms with Crippen LogP contribution in [0.1, 0.15) is 20.3 Å². The highest BCUT2D eigenvalue weighted by molar-refractivity contribution is 5.68. The topological polar surface area (TPSA) is 32.8 Å². The highest BCUT2D eigenvalue weighted by Crippen LogP contribution is 2.28. The van der Waals surface area contributed by atoms with Crippen LogP contribution in [0.25, 0.3) is 0 Å². The van der Waals surface area contributed by atoms with E-state index in [1.807, 2.05) is 33.2 Å². The molecule has 1 fully saturated rings. The lowest BCUT2D eigenvalue weighted by Crippen LogP contribution is -2.58. The Kier molecular flexibility index (Phi) is 6.24. The number of benzene rings is 1. The molecular formula is C19H32N3O2+. The molecule has 0 bridgehead atoms. The van der Waals surface area contributed by atoms with Crippen molar-refractivity contribution in [2.75, 3.05) is 58.8 Å². The van der Waals surface area contributed by atoms with Crippen LogP contribution in [0.2, 0.25) is 0 Å². The molecule has 0 aromatic heterocycles. The van der Waals surface area contributed by atoms with Crippen molar-refractivity contribution >= 4 is 11.6 Å². The molecule has 0 unspecified atom stereocenters. The largest absolute Gasteiger partial charge is 0.495 e. The number of rotatable bonds is 6. The molecule has 1 atom stereocenters. The summed E-state index contributed by atoms with van der Waals surface area (Å²) in [5.74, 6) is 1.24. The maximum atomic E-state index is 12.2. The van der Waals surface area contributed by atoms with E-state index in [0.717, 1.165) is 38.5 Å². The molecule has 0 spiro atoms. The molecule has 1 saturated heterocycles. The van der Waals surface area contributed by atoms with Crippen LogP contribution >= 0.6 is 0 Å². The summed E-state index contributed by atoms with van der Waals surface area (Å²) in [7, 11) is 5.78. The van der Waals surface area contributed by atoms with Gasteiger partial charge < -0.3 is 9.64 Å². The number of hydrogen-bond donors (Lipinski definition) is 0. The van der Waals surface area contributed by atoms with E-state index in [2.05, 4.69) is 28.9 Å². The number of carbonyl (C=O) groups excluding carboxylic acids is 1. The lowest BCUT2D eigenvalue weighted by molar-refractivity contribution is -0.838. The molecular weight excluding hydrogens is 302 g/mol. The normalized spacial score (nSPS) is 17.6. The van der Waals surface area contributed by atoms with Gasteiger partial charge in [-0.25, -0.2) is 4.79 Å². The van der Waals surface area contributed by atoms with Crippen LogP contribution in [0, 0.1) is 0 Å². The zero-order valence-corrected chi connectivity index (χ0v) is 15.8. The van der Waals surface area contributed by atoms with E-state index in [-0.39, 0.29) is 0 Å². The summed E-state index contributed by atoms with van der Waals surface area (Å²) < 4.78 is 5.94. The van der Waals surface area contributed by atoms with Crippen molar-refractivity contribution in [2.24, 2.45) is 0 Å². The number of carbonyl (C=O) groups is 1. The van der Waals surface area contributed by atoms with Crippen molar-refractivity contribution in [3.8, 4) is 5.75 Å². The van der Waals surface area contributed by atoms with Crippen molar-refractivity contribution in [3.63, 3.8) is 0 Å². The number of quaternary nitrogens is 1. The zero-order valence-electron chi connectivity index (χ0n) is 15.8. The molecule has 0 radical (unpaired) electrons. The number of anilines is 1. The predicted molar refractivity (Wildman–Crippen MR) is 98.5 cm³/mol. The fourth-order valence-corrected chi connectivity index (χ4v) is 3.29. The first-order valence-electron chi connectivity index (χ1n) is 8.87. The quantitative estimate of drug-likeness (QED) is 0.747. The summed E-state index contributed by atoms with van der Waals surface area (Å²) in [5, 5.41) is 0. The number of piperazine rings is 1. The Balaban J connectivity index is 1.92. The number of methoxy groups -OCH3 is 1. The maximum Gasteiger partial charge on any atom is 0.313 e. The first-order chi connectivity index (χ1) is 11.4. The first-order valence-corrected chi connectivity index (χ1v) is 8.87. The van der Waals surface area contributed by atoms with Gasteiger partial charge in [-0.05, 0) is 19.1 Å². The van der Waals surface area contributed by atoms with Gasteiger partial charge in [-0.3, -0.25) is 9.38 Å². The third-order valence-electron chi connectivity index (χ3n) is 5.37. The van der Waals surface area contributed by atoms with E-state index < -0.39 is 0 Å². The van der Waals surface area contributed by atoms with Gasteiger partial charge in [-0.15, -0.1) is 0 Å². The van der Waals surface area contributed by atoms with E-state index in [9.17, 15) is 4.79 Å². The van der Waals surface area contributed by atoms with Crippen LogP contribution < -0.4 is 9.64 Å². The molecule has 5 heteroatoms. The Bertz CT molecular complexity index is 551. The smallest absolute Gasteiger partial charge is 0.313 e. The highest BCUT2D eigenvalue weighted by atomic mass is 16.5.